The number of Topliss-reactive ketones (excluding diaryl/α,β-unsaturated/α-hetero) is 1. The van der Waals surface area contributed by atoms with Gasteiger partial charge in [0.15, 0.2) is 12.4 Å². The van der Waals surface area contributed by atoms with Gasteiger partial charge in [0.05, 0.1) is 0 Å². The number of benzene rings is 1. The zero-order valence-corrected chi connectivity index (χ0v) is 12.1. The Hall–Kier alpha value is -1.84. The van der Waals surface area contributed by atoms with Crippen LogP contribution in [-0.4, -0.2) is 36.3 Å². The van der Waals surface area contributed by atoms with Gasteiger partial charge in [-0.25, -0.2) is 0 Å². The van der Waals surface area contributed by atoms with Crippen LogP contribution in [0.25, 0.3) is 0 Å². The van der Waals surface area contributed by atoms with Gasteiger partial charge in [0.2, 0.25) is 0 Å². The van der Waals surface area contributed by atoms with Gasteiger partial charge in [0, 0.05) is 30.6 Å². The Bertz CT molecular complexity index is 506. The maximum Gasteiger partial charge on any atom is 0.260 e. The average Bonchev–Trinajstić information content (AvgIpc) is 2.47. The molecule has 1 aromatic rings. The van der Waals surface area contributed by atoms with E-state index in [1.807, 2.05) is 32.0 Å². The van der Waals surface area contributed by atoms with E-state index in [1.165, 1.54) is 0 Å². The van der Waals surface area contributed by atoms with Crippen molar-refractivity contribution in [1.82, 2.24) is 4.90 Å². The van der Waals surface area contributed by atoms with Crippen LogP contribution in [0.5, 0.6) is 5.75 Å². The molecule has 0 atom stereocenters. The van der Waals surface area contributed by atoms with Crippen molar-refractivity contribution in [2.24, 2.45) is 0 Å². The number of nitrogens with zero attached hydrogens (tertiary/aromatic N) is 1. The Labute approximate surface area is 119 Å². The van der Waals surface area contributed by atoms with Crippen LogP contribution >= 0.6 is 0 Å². The third kappa shape index (κ3) is 3.00. The Morgan fingerprint density at radius 3 is 2.70 bits per heavy atom. The molecule has 1 aromatic carbocycles. The van der Waals surface area contributed by atoms with Crippen LogP contribution < -0.4 is 4.74 Å². The molecule has 2 rings (SSSR count). The van der Waals surface area contributed by atoms with Gasteiger partial charge in [0.1, 0.15) is 5.75 Å². The highest BCUT2D eigenvalue weighted by molar-refractivity contribution is 5.99. The third-order valence-corrected chi connectivity index (χ3v) is 3.73. The molecular formula is C16H21NO3. The molecule has 1 aliphatic rings. The van der Waals surface area contributed by atoms with E-state index in [2.05, 4.69) is 0 Å². The standard InChI is InChI=1S/C16H21NO3/c1-3-17(4-2)16(19)11-20-15-10-6-7-12-13(15)8-5-9-14(12)18/h6-7,10H,3-5,8-9,11H2,1-2H3. The molecule has 0 heterocycles. The minimum atomic E-state index is -0.0188. The molecule has 0 unspecified atom stereocenters. The van der Waals surface area contributed by atoms with Crippen LogP contribution in [-0.2, 0) is 11.2 Å². The molecule has 4 heteroatoms. The van der Waals surface area contributed by atoms with E-state index in [0.717, 1.165) is 24.0 Å². The lowest BCUT2D eigenvalue weighted by molar-refractivity contribution is -0.132. The topological polar surface area (TPSA) is 46.6 Å². The Morgan fingerprint density at radius 1 is 1.25 bits per heavy atom. The first kappa shape index (κ1) is 14.6. The van der Waals surface area contributed by atoms with Crippen molar-refractivity contribution in [3.63, 3.8) is 0 Å². The van der Waals surface area contributed by atoms with Gasteiger partial charge < -0.3 is 9.64 Å². The van der Waals surface area contributed by atoms with Crippen molar-refractivity contribution in [1.29, 1.82) is 0 Å². The summed E-state index contributed by atoms with van der Waals surface area (Å²) in [7, 11) is 0. The molecular weight excluding hydrogens is 254 g/mol. The Morgan fingerprint density at radius 2 is 2.00 bits per heavy atom. The van der Waals surface area contributed by atoms with E-state index in [0.29, 0.717) is 25.3 Å². The molecule has 20 heavy (non-hydrogen) atoms. The van der Waals surface area contributed by atoms with Gasteiger partial charge in [0.25, 0.3) is 5.91 Å². The molecule has 0 fully saturated rings. The summed E-state index contributed by atoms with van der Waals surface area (Å²) in [4.78, 5) is 25.5. The lowest BCUT2D eigenvalue weighted by Crippen LogP contribution is -2.34. The highest BCUT2D eigenvalue weighted by Crippen LogP contribution is 2.29. The second-order valence-corrected chi connectivity index (χ2v) is 4.91. The molecule has 0 saturated carbocycles. The summed E-state index contributed by atoms with van der Waals surface area (Å²) < 4.78 is 5.66. The first-order valence-electron chi connectivity index (χ1n) is 7.23. The molecule has 1 amide bonds. The predicted molar refractivity (Wildman–Crippen MR) is 77.1 cm³/mol. The number of likely N-dealkylation sites (N-methyl/N-ethyl adjacent to an activating group) is 1. The maximum atomic E-state index is 11.9. The van der Waals surface area contributed by atoms with Crippen molar-refractivity contribution >= 4 is 11.7 Å². The van der Waals surface area contributed by atoms with E-state index in [1.54, 1.807) is 4.90 Å². The minimum Gasteiger partial charge on any atom is -0.483 e. The molecule has 4 nitrogen and oxygen atoms in total. The van der Waals surface area contributed by atoms with Gasteiger partial charge >= 0.3 is 0 Å². The first-order valence-corrected chi connectivity index (χ1v) is 7.23. The quantitative estimate of drug-likeness (QED) is 0.829. The number of ether oxygens (including phenoxy) is 1. The molecule has 0 saturated heterocycles. The van der Waals surface area contributed by atoms with Gasteiger partial charge in [-0.2, -0.15) is 0 Å². The van der Waals surface area contributed by atoms with Gasteiger partial charge in [-0.1, -0.05) is 12.1 Å². The maximum absolute atomic E-state index is 11.9. The van der Waals surface area contributed by atoms with Crippen molar-refractivity contribution in [2.45, 2.75) is 33.1 Å². The van der Waals surface area contributed by atoms with E-state index < -0.39 is 0 Å². The summed E-state index contributed by atoms with van der Waals surface area (Å²) in [5.74, 6) is 0.831. The smallest absolute Gasteiger partial charge is 0.260 e. The van der Waals surface area contributed by atoms with Gasteiger partial charge in [-0.05, 0) is 32.8 Å². The summed E-state index contributed by atoms with van der Waals surface area (Å²) in [5.41, 5.74) is 1.71. The fourth-order valence-corrected chi connectivity index (χ4v) is 2.59. The molecule has 0 bridgehead atoms. The lowest BCUT2D eigenvalue weighted by atomic mass is 9.90. The van der Waals surface area contributed by atoms with Crippen molar-refractivity contribution < 1.29 is 14.3 Å². The monoisotopic (exact) mass is 275 g/mol. The van der Waals surface area contributed by atoms with Crippen molar-refractivity contribution in [3.8, 4) is 5.75 Å². The van der Waals surface area contributed by atoms with Crippen LogP contribution in [0.4, 0.5) is 0 Å². The second-order valence-electron chi connectivity index (χ2n) is 4.91. The van der Waals surface area contributed by atoms with E-state index in [9.17, 15) is 9.59 Å². The largest absolute Gasteiger partial charge is 0.483 e. The highest BCUT2D eigenvalue weighted by atomic mass is 16.5. The fourth-order valence-electron chi connectivity index (χ4n) is 2.59. The zero-order chi connectivity index (χ0) is 14.5. The zero-order valence-electron chi connectivity index (χ0n) is 12.1. The summed E-state index contributed by atoms with van der Waals surface area (Å²) >= 11 is 0. The van der Waals surface area contributed by atoms with Crippen LogP contribution in [0.15, 0.2) is 18.2 Å². The van der Waals surface area contributed by atoms with E-state index in [-0.39, 0.29) is 18.3 Å². The normalized spacial score (nSPS) is 13.8. The number of fused-ring (bicyclic) bond motifs is 1. The van der Waals surface area contributed by atoms with Crippen LogP contribution in [0.1, 0.15) is 42.6 Å². The molecule has 108 valence electrons. The van der Waals surface area contributed by atoms with Crippen LogP contribution in [0.2, 0.25) is 0 Å². The van der Waals surface area contributed by atoms with E-state index >= 15 is 0 Å². The number of carbonyl (C=O) groups excluding carboxylic acids is 2. The van der Waals surface area contributed by atoms with Crippen molar-refractivity contribution in [3.05, 3.63) is 29.3 Å². The molecule has 0 aromatic heterocycles. The predicted octanol–water partition coefficient (Wildman–Crippen LogP) is 2.45. The number of amides is 1. The highest BCUT2D eigenvalue weighted by Gasteiger charge is 2.21. The average molecular weight is 275 g/mol. The lowest BCUT2D eigenvalue weighted by Gasteiger charge is -2.21. The fraction of sp³-hybridized carbons (Fsp3) is 0.500. The molecule has 1 aliphatic carbocycles. The number of hydrogen-bond acceptors (Lipinski definition) is 3. The Kier molecular flexibility index (Phi) is 4.77. The third-order valence-electron chi connectivity index (χ3n) is 3.73. The SMILES string of the molecule is CCN(CC)C(=O)COc1cccc2c1CCCC2=O. The molecule has 0 spiro atoms. The number of carbonyl (C=O) groups is 2. The van der Waals surface area contributed by atoms with E-state index in [4.69, 9.17) is 4.74 Å². The molecule has 0 aliphatic heterocycles. The van der Waals surface area contributed by atoms with Gasteiger partial charge in [-0.3, -0.25) is 9.59 Å². The summed E-state index contributed by atoms with van der Waals surface area (Å²) in [5, 5.41) is 0. The van der Waals surface area contributed by atoms with Crippen molar-refractivity contribution in [2.75, 3.05) is 19.7 Å². The summed E-state index contributed by atoms with van der Waals surface area (Å²) in [6.45, 7) is 5.30. The number of rotatable bonds is 5. The molecule has 0 N–H and O–H groups in total. The number of ketones is 1. The Balaban J connectivity index is 2.09. The molecule has 0 radical (unpaired) electrons. The minimum absolute atomic E-state index is 0.0188. The first-order chi connectivity index (χ1) is 9.67. The van der Waals surface area contributed by atoms with Gasteiger partial charge in [-0.15, -0.1) is 0 Å². The summed E-state index contributed by atoms with van der Waals surface area (Å²) in [6, 6.07) is 5.50. The second kappa shape index (κ2) is 6.55. The summed E-state index contributed by atoms with van der Waals surface area (Å²) in [6.07, 6.45) is 2.31. The van der Waals surface area contributed by atoms with Crippen LogP contribution in [0, 0.1) is 0 Å². The number of hydrogen-bond donors (Lipinski definition) is 0. The van der Waals surface area contributed by atoms with Crippen LogP contribution in [0.3, 0.4) is 0 Å².